The van der Waals surface area contributed by atoms with Crippen LogP contribution in [-0.4, -0.2) is 33.2 Å². The van der Waals surface area contributed by atoms with Crippen molar-refractivity contribution < 1.29 is 14.3 Å². The van der Waals surface area contributed by atoms with Crippen molar-refractivity contribution in [2.45, 2.75) is 12.8 Å². The van der Waals surface area contributed by atoms with E-state index in [1.54, 1.807) is 32.4 Å². The third-order valence-electron chi connectivity index (χ3n) is 3.72. The lowest BCUT2D eigenvalue weighted by Crippen LogP contribution is -2.27. The van der Waals surface area contributed by atoms with Crippen LogP contribution in [0.2, 0.25) is 5.02 Å². The van der Waals surface area contributed by atoms with Gasteiger partial charge < -0.3 is 20.1 Å². The minimum atomic E-state index is 0.00186. The Bertz CT molecular complexity index is 690. The smallest absolute Gasteiger partial charge is 0.221 e. The number of hydrogen-bond donors (Lipinski definition) is 2. The maximum absolute atomic E-state index is 11.9. The number of carbonyl (C=O) groups excluding carboxylic acids is 1. The fraction of sp³-hybridized carbons (Fsp3) is 0.316. The highest BCUT2D eigenvalue weighted by molar-refractivity contribution is 6.30. The Morgan fingerprint density at radius 1 is 1.04 bits per heavy atom. The van der Waals surface area contributed by atoms with Gasteiger partial charge in [-0.05, 0) is 42.3 Å². The van der Waals surface area contributed by atoms with Crippen LogP contribution in [0.25, 0.3) is 0 Å². The predicted molar refractivity (Wildman–Crippen MR) is 101 cm³/mol. The first-order chi connectivity index (χ1) is 12.1. The molecule has 0 spiro atoms. The summed E-state index contributed by atoms with van der Waals surface area (Å²) in [5, 5.41) is 6.71. The Labute approximate surface area is 153 Å². The molecule has 0 aromatic heterocycles. The molecule has 2 aromatic carbocycles. The molecule has 1 amide bonds. The van der Waals surface area contributed by atoms with Crippen LogP contribution in [0.4, 0.5) is 5.69 Å². The van der Waals surface area contributed by atoms with Gasteiger partial charge in [0.25, 0.3) is 0 Å². The third-order valence-corrected chi connectivity index (χ3v) is 3.96. The molecule has 0 atom stereocenters. The van der Waals surface area contributed by atoms with Gasteiger partial charge in [0, 0.05) is 24.5 Å². The van der Waals surface area contributed by atoms with E-state index >= 15 is 0 Å². The molecule has 0 radical (unpaired) electrons. The Morgan fingerprint density at radius 2 is 1.80 bits per heavy atom. The van der Waals surface area contributed by atoms with Gasteiger partial charge in [-0.1, -0.05) is 23.7 Å². The quantitative estimate of drug-likeness (QED) is 0.716. The van der Waals surface area contributed by atoms with Crippen molar-refractivity contribution in [3.8, 4) is 11.5 Å². The van der Waals surface area contributed by atoms with Gasteiger partial charge in [0.15, 0.2) is 0 Å². The van der Waals surface area contributed by atoms with E-state index in [0.29, 0.717) is 30.3 Å². The summed E-state index contributed by atoms with van der Waals surface area (Å²) in [6.07, 6.45) is 1.16. The number of halogens is 1. The molecule has 2 rings (SSSR count). The summed E-state index contributed by atoms with van der Waals surface area (Å²) >= 11 is 5.98. The minimum Gasteiger partial charge on any atom is -0.497 e. The average molecular weight is 363 g/mol. The Morgan fingerprint density at radius 3 is 2.48 bits per heavy atom. The Kier molecular flexibility index (Phi) is 7.41. The van der Waals surface area contributed by atoms with Gasteiger partial charge in [0.1, 0.15) is 11.5 Å². The Balaban J connectivity index is 1.69. The molecule has 0 aliphatic heterocycles. The van der Waals surface area contributed by atoms with Crippen LogP contribution in [0, 0.1) is 0 Å². The van der Waals surface area contributed by atoms with Crippen molar-refractivity contribution in [1.29, 1.82) is 0 Å². The maximum Gasteiger partial charge on any atom is 0.221 e. The normalized spacial score (nSPS) is 10.2. The highest BCUT2D eigenvalue weighted by Gasteiger charge is 2.05. The monoisotopic (exact) mass is 362 g/mol. The topological polar surface area (TPSA) is 59.6 Å². The molecule has 0 fully saturated rings. The lowest BCUT2D eigenvalue weighted by Gasteiger charge is -2.11. The van der Waals surface area contributed by atoms with Crippen LogP contribution in [0.1, 0.15) is 12.0 Å². The third kappa shape index (κ3) is 6.19. The van der Waals surface area contributed by atoms with Crippen molar-refractivity contribution in [2.24, 2.45) is 0 Å². The molecular weight excluding hydrogens is 340 g/mol. The molecule has 134 valence electrons. The zero-order valence-electron chi connectivity index (χ0n) is 14.5. The number of anilines is 1. The molecule has 2 aromatic rings. The number of rotatable bonds is 9. The molecule has 0 saturated heterocycles. The van der Waals surface area contributed by atoms with Crippen LogP contribution in [0.3, 0.4) is 0 Å². The second-order valence-electron chi connectivity index (χ2n) is 5.47. The first-order valence-corrected chi connectivity index (χ1v) is 8.47. The fourth-order valence-electron chi connectivity index (χ4n) is 2.36. The van der Waals surface area contributed by atoms with Gasteiger partial charge in [-0.25, -0.2) is 0 Å². The highest BCUT2D eigenvalue weighted by Crippen LogP contribution is 2.27. The zero-order valence-corrected chi connectivity index (χ0v) is 15.2. The van der Waals surface area contributed by atoms with E-state index in [-0.39, 0.29) is 5.91 Å². The van der Waals surface area contributed by atoms with Gasteiger partial charge in [-0.2, -0.15) is 0 Å². The molecule has 0 saturated carbocycles. The molecule has 5 nitrogen and oxygen atoms in total. The summed E-state index contributed by atoms with van der Waals surface area (Å²) in [5.41, 5.74) is 1.93. The van der Waals surface area contributed by atoms with Crippen LogP contribution >= 0.6 is 11.6 Å². The molecular formula is C19H23ClN2O3. The first kappa shape index (κ1) is 18.9. The van der Waals surface area contributed by atoms with Crippen molar-refractivity contribution in [3.05, 3.63) is 53.1 Å². The van der Waals surface area contributed by atoms with E-state index in [0.717, 1.165) is 23.4 Å². The van der Waals surface area contributed by atoms with Crippen LogP contribution < -0.4 is 20.1 Å². The average Bonchev–Trinajstić information content (AvgIpc) is 2.62. The molecule has 0 bridgehead atoms. The largest absolute Gasteiger partial charge is 0.497 e. The van der Waals surface area contributed by atoms with E-state index in [9.17, 15) is 4.79 Å². The van der Waals surface area contributed by atoms with Gasteiger partial charge >= 0.3 is 0 Å². The molecule has 2 N–H and O–H groups in total. The molecule has 0 unspecified atom stereocenters. The number of ether oxygens (including phenoxy) is 2. The number of methoxy groups -OCH3 is 2. The lowest BCUT2D eigenvalue weighted by molar-refractivity contribution is -0.120. The van der Waals surface area contributed by atoms with Crippen LogP contribution in [-0.2, 0) is 11.2 Å². The summed E-state index contributed by atoms with van der Waals surface area (Å²) in [6, 6.07) is 13.2. The predicted octanol–water partition coefficient (Wildman–Crippen LogP) is 3.52. The molecule has 25 heavy (non-hydrogen) atoms. The fourth-order valence-corrected chi connectivity index (χ4v) is 2.53. The van der Waals surface area contributed by atoms with E-state index < -0.39 is 0 Å². The van der Waals surface area contributed by atoms with Crippen LogP contribution in [0.5, 0.6) is 11.5 Å². The zero-order chi connectivity index (χ0) is 18.1. The first-order valence-electron chi connectivity index (χ1n) is 8.09. The van der Waals surface area contributed by atoms with Gasteiger partial charge in [-0.15, -0.1) is 0 Å². The standard InChI is InChI=1S/C19H23ClN2O3/c1-24-16-6-3-14(4-7-16)9-11-22-19(23)10-12-21-17-13-15(20)5-8-18(17)25-2/h3-8,13,21H,9-12H2,1-2H3,(H,22,23). The van der Waals surface area contributed by atoms with E-state index in [1.807, 2.05) is 24.3 Å². The maximum atomic E-state index is 11.9. The van der Waals surface area contributed by atoms with Crippen molar-refractivity contribution in [2.75, 3.05) is 32.6 Å². The minimum absolute atomic E-state index is 0.00186. The van der Waals surface area contributed by atoms with E-state index in [4.69, 9.17) is 21.1 Å². The summed E-state index contributed by atoms with van der Waals surface area (Å²) in [4.78, 5) is 11.9. The van der Waals surface area contributed by atoms with Gasteiger partial charge in [0.2, 0.25) is 5.91 Å². The molecule has 0 heterocycles. The number of amides is 1. The second kappa shape index (κ2) is 9.79. The summed E-state index contributed by atoms with van der Waals surface area (Å²) in [6.45, 7) is 1.11. The van der Waals surface area contributed by atoms with Gasteiger partial charge in [0.05, 0.1) is 19.9 Å². The number of nitrogens with one attached hydrogen (secondary N) is 2. The SMILES string of the molecule is COc1ccc(CCNC(=O)CCNc2cc(Cl)ccc2OC)cc1. The summed E-state index contributed by atoms with van der Waals surface area (Å²) < 4.78 is 10.4. The summed E-state index contributed by atoms with van der Waals surface area (Å²) in [7, 11) is 3.24. The van der Waals surface area contributed by atoms with Gasteiger partial charge in [-0.3, -0.25) is 4.79 Å². The highest BCUT2D eigenvalue weighted by atomic mass is 35.5. The number of hydrogen-bond acceptors (Lipinski definition) is 4. The van der Waals surface area contributed by atoms with Crippen LogP contribution in [0.15, 0.2) is 42.5 Å². The van der Waals surface area contributed by atoms with E-state index in [2.05, 4.69) is 10.6 Å². The van der Waals surface area contributed by atoms with Crippen molar-refractivity contribution in [1.82, 2.24) is 5.32 Å². The second-order valence-corrected chi connectivity index (χ2v) is 5.91. The van der Waals surface area contributed by atoms with E-state index in [1.165, 1.54) is 0 Å². The molecule has 6 heteroatoms. The van der Waals surface area contributed by atoms with Crippen molar-refractivity contribution >= 4 is 23.2 Å². The Hall–Kier alpha value is -2.40. The number of benzene rings is 2. The molecule has 0 aliphatic carbocycles. The lowest BCUT2D eigenvalue weighted by atomic mass is 10.1. The summed E-state index contributed by atoms with van der Waals surface area (Å²) in [5.74, 6) is 1.53. The van der Waals surface area contributed by atoms with Crippen molar-refractivity contribution in [3.63, 3.8) is 0 Å². The molecule has 0 aliphatic rings. The number of carbonyl (C=O) groups is 1.